The minimum atomic E-state index is 0.205. The molecule has 1 amide bonds. The van der Waals surface area contributed by atoms with Gasteiger partial charge in [0.05, 0.1) is 18.2 Å². The molecule has 4 heteroatoms. The first-order chi connectivity index (χ1) is 9.19. The first-order valence-corrected chi connectivity index (χ1v) is 6.64. The van der Waals surface area contributed by atoms with Gasteiger partial charge >= 0.3 is 0 Å². The lowest BCUT2D eigenvalue weighted by atomic mass is 10.1. The van der Waals surface area contributed by atoms with Gasteiger partial charge in [0.2, 0.25) is 5.91 Å². The predicted octanol–water partition coefficient (Wildman–Crippen LogP) is 1.61. The average Bonchev–Trinajstić information content (AvgIpc) is 2.92. The molecule has 1 fully saturated rings. The first-order valence-electron chi connectivity index (χ1n) is 6.64. The van der Waals surface area contributed by atoms with Crippen LogP contribution in [0.25, 0.3) is 0 Å². The molecule has 4 nitrogen and oxygen atoms in total. The van der Waals surface area contributed by atoms with E-state index < -0.39 is 0 Å². The van der Waals surface area contributed by atoms with Crippen LogP contribution in [0.3, 0.4) is 0 Å². The van der Waals surface area contributed by atoms with Gasteiger partial charge in [0.1, 0.15) is 0 Å². The lowest BCUT2D eigenvalue weighted by molar-refractivity contribution is -0.131. The van der Waals surface area contributed by atoms with Crippen molar-refractivity contribution in [1.29, 1.82) is 5.26 Å². The third-order valence-electron chi connectivity index (χ3n) is 3.37. The average molecular weight is 257 g/mol. The third kappa shape index (κ3) is 3.80. The number of hydrogen-bond donors (Lipinski definition) is 0. The van der Waals surface area contributed by atoms with Gasteiger partial charge in [-0.15, -0.1) is 0 Å². The zero-order chi connectivity index (χ0) is 13.7. The van der Waals surface area contributed by atoms with E-state index in [4.69, 9.17) is 5.26 Å². The minimum absolute atomic E-state index is 0.205. The highest BCUT2D eigenvalue weighted by Gasteiger charge is 2.18. The molecule has 1 aromatic carbocycles. The Hall–Kier alpha value is -1.86. The molecule has 0 aliphatic carbocycles. The zero-order valence-electron chi connectivity index (χ0n) is 11.3. The monoisotopic (exact) mass is 257 g/mol. The van der Waals surface area contributed by atoms with E-state index in [1.54, 1.807) is 6.07 Å². The molecule has 0 unspecified atom stereocenters. The van der Waals surface area contributed by atoms with Gasteiger partial charge < -0.3 is 4.90 Å². The number of carbonyl (C=O) groups is 1. The van der Waals surface area contributed by atoms with Gasteiger partial charge in [-0.25, -0.2) is 0 Å². The Bertz CT molecular complexity index is 486. The normalized spacial score (nSPS) is 14.7. The Kier molecular flexibility index (Phi) is 4.53. The number of hydrogen-bond acceptors (Lipinski definition) is 3. The van der Waals surface area contributed by atoms with E-state index >= 15 is 0 Å². The van der Waals surface area contributed by atoms with Crippen LogP contribution in [0.5, 0.6) is 0 Å². The summed E-state index contributed by atoms with van der Waals surface area (Å²) in [5.41, 5.74) is 1.73. The van der Waals surface area contributed by atoms with E-state index in [1.807, 2.05) is 35.0 Å². The Balaban J connectivity index is 1.88. The molecule has 1 aliphatic heterocycles. The summed E-state index contributed by atoms with van der Waals surface area (Å²) in [4.78, 5) is 15.9. The highest BCUT2D eigenvalue weighted by Crippen LogP contribution is 2.10. The van der Waals surface area contributed by atoms with Gasteiger partial charge in [-0.1, -0.05) is 12.1 Å². The molecule has 0 aromatic heterocycles. The van der Waals surface area contributed by atoms with Crippen LogP contribution in [0.15, 0.2) is 24.3 Å². The van der Waals surface area contributed by atoms with Crippen molar-refractivity contribution in [3.63, 3.8) is 0 Å². The summed E-state index contributed by atoms with van der Waals surface area (Å²) in [6.45, 7) is 2.93. The predicted molar refractivity (Wildman–Crippen MR) is 73.3 cm³/mol. The summed E-state index contributed by atoms with van der Waals surface area (Å²) in [6.07, 6.45) is 2.25. The van der Waals surface area contributed by atoms with Crippen molar-refractivity contribution in [3.05, 3.63) is 35.4 Å². The maximum absolute atomic E-state index is 12.0. The first kappa shape index (κ1) is 13.6. The van der Waals surface area contributed by atoms with Crippen LogP contribution < -0.4 is 0 Å². The summed E-state index contributed by atoms with van der Waals surface area (Å²) in [6, 6.07) is 9.66. The topological polar surface area (TPSA) is 47.3 Å². The Labute approximate surface area is 114 Å². The van der Waals surface area contributed by atoms with E-state index in [9.17, 15) is 4.79 Å². The highest BCUT2D eigenvalue weighted by atomic mass is 16.2. The van der Waals surface area contributed by atoms with E-state index in [1.165, 1.54) is 0 Å². The number of nitriles is 1. The van der Waals surface area contributed by atoms with Crippen molar-refractivity contribution in [2.45, 2.75) is 19.4 Å². The smallest absolute Gasteiger partial charge is 0.236 e. The number of amides is 1. The molecule has 2 rings (SSSR count). The molecule has 1 saturated heterocycles. The number of benzene rings is 1. The standard InChI is InChI=1S/C15H19N3O/c1-17(12-15(19)18-7-2-3-8-18)11-14-6-4-5-13(9-14)10-16/h4-6,9H,2-3,7-8,11-12H2,1H3. The quantitative estimate of drug-likeness (QED) is 0.823. The fourth-order valence-corrected chi connectivity index (χ4v) is 2.40. The van der Waals surface area contributed by atoms with Gasteiger partial charge in [-0.05, 0) is 37.6 Å². The molecular weight excluding hydrogens is 238 g/mol. The molecule has 1 aliphatic rings. The van der Waals surface area contributed by atoms with E-state index in [-0.39, 0.29) is 5.91 Å². The van der Waals surface area contributed by atoms with Crippen molar-refractivity contribution in [2.75, 3.05) is 26.7 Å². The number of nitrogens with zero attached hydrogens (tertiary/aromatic N) is 3. The zero-order valence-corrected chi connectivity index (χ0v) is 11.3. The lowest BCUT2D eigenvalue weighted by Crippen LogP contribution is -2.36. The van der Waals surface area contributed by atoms with E-state index in [0.717, 1.165) is 31.5 Å². The SMILES string of the molecule is CN(CC(=O)N1CCCC1)Cc1cccc(C#N)c1. The van der Waals surface area contributed by atoms with Gasteiger partial charge in [-0.2, -0.15) is 5.26 Å². The van der Waals surface area contributed by atoms with Crippen LogP contribution in [0, 0.1) is 11.3 Å². The number of rotatable bonds is 4. The van der Waals surface area contributed by atoms with Crippen molar-refractivity contribution in [3.8, 4) is 6.07 Å². The Morgan fingerprint density at radius 1 is 1.42 bits per heavy atom. The molecule has 0 saturated carbocycles. The maximum atomic E-state index is 12.0. The molecule has 0 bridgehead atoms. The van der Waals surface area contributed by atoms with Gasteiger partial charge in [-0.3, -0.25) is 9.69 Å². The second-order valence-electron chi connectivity index (χ2n) is 5.07. The van der Waals surface area contributed by atoms with Crippen molar-refractivity contribution < 1.29 is 4.79 Å². The molecule has 0 radical (unpaired) electrons. The maximum Gasteiger partial charge on any atom is 0.236 e. The second kappa shape index (κ2) is 6.35. The van der Waals surface area contributed by atoms with E-state index in [0.29, 0.717) is 18.7 Å². The minimum Gasteiger partial charge on any atom is -0.342 e. The molecular formula is C15H19N3O. The largest absolute Gasteiger partial charge is 0.342 e. The van der Waals surface area contributed by atoms with Crippen LogP contribution in [-0.2, 0) is 11.3 Å². The van der Waals surface area contributed by atoms with Gasteiger partial charge in [0.15, 0.2) is 0 Å². The molecule has 0 N–H and O–H groups in total. The summed E-state index contributed by atoms with van der Waals surface area (Å²) >= 11 is 0. The van der Waals surface area contributed by atoms with Gasteiger partial charge in [0, 0.05) is 19.6 Å². The Morgan fingerprint density at radius 3 is 2.84 bits per heavy atom. The van der Waals surface area contributed by atoms with Crippen LogP contribution in [0.2, 0.25) is 0 Å². The van der Waals surface area contributed by atoms with Crippen molar-refractivity contribution >= 4 is 5.91 Å². The molecule has 0 spiro atoms. The van der Waals surface area contributed by atoms with Crippen LogP contribution in [0.1, 0.15) is 24.0 Å². The number of likely N-dealkylation sites (tertiary alicyclic amines) is 1. The summed E-state index contributed by atoms with van der Waals surface area (Å²) in [5.74, 6) is 0.205. The number of likely N-dealkylation sites (N-methyl/N-ethyl adjacent to an activating group) is 1. The molecule has 19 heavy (non-hydrogen) atoms. The summed E-state index contributed by atoms with van der Waals surface area (Å²) in [5, 5.41) is 8.86. The van der Waals surface area contributed by atoms with Crippen LogP contribution >= 0.6 is 0 Å². The molecule has 1 aromatic rings. The number of carbonyl (C=O) groups excluding carboxylic acids is 1. The van der Waals surface area contributed by atoms with Crippen molar-refractivity contribution in [2.24, 2.45) is 0 Å². The summed E-state index contributed by atoms with van der Waals surface area (Å²) < 4.78 is 0. The lowest BCUT2D eigenvalue weighted by Gasteiger charge is -2.21. The molecule has 1 heterocycles. The highest BCUT2D eigenvalue weighted by molar-refractivity contribution is 5.78. The second-order valence-corrected chi connectivity index (χ2v) is 5.07. The van der Waals surface area contributed by atoms with E-state index in [2.05, 4.69) is 6.07 Å². The van der Waals surface area contributed by atoms with Crippen LogP contribution in [0.4, 0.5) is 0 Å². The Morgan fingerprint density at radius 2 is 2.16 bits per heavy atom. The third-order valence-corrected chi connectivity index (χ3v) is 3.37. The van der Waals surface area contributed by atoms with Crippen LogP contribution in [-0.4, -0.2) is 42.4 Å². The van der Waals surface area contributed by atoms with Gasteiger partial charge in [0.25, 0.3) is 0 Å². The molecule has 0 atom stereocenters. The summed E-state index contributed by atoms with van der Waals surface area (Å²) in [7, 11) is 1.94. The fourth-order valence-electron chi connectivity index (χ4n) is 2.40. The van der Waals surface area contributed by atoms with Crippen molar-refractivity contribution in [1.82, 2.24) is 9.80 Å². The molecule has 100 valence electrons. The fraction of sp³-hybridized carbons (Fsp3) is 0.467.